The fraction of sp³-hybridized carbons (Fsp3) is 0.412. The minimum atomic E-state index is 0.568. The second kappa shape index (κ2) is 8.96. The molecule has 4 nitrogen and oxygen atoms in total. The van der Waals surface area contributed by atoms with E-state index in [1.54, 1.807) is 11.3 Å². The molecule has 0 amide bonds. The van der Waals surface area contributed by atoms with Crippen molar-refractivity contribution in [1.29, 1.82) is 0 Å². The summed E-state index contributed by atoms with van der Waals surface area (Å²) in [5, 5.41) is 5.83. The number of quaternary nitrogens is 1. The Kier molecular flexibility index (Phi) is 6.95. The number of nitrogens with zero attached hydrogens (tertiary/aromatic N) is 2. The summed E-state index contributed by atoms with van der Waals surface area (Å²) in [6.07, 6.45) is 3.15. The highest BCUT2D eigenvalue weighted by Gasteiger charge is 2.00. The Hall–Kier alpha value is -1.50. The van der Waals surface area contributed by atoms with E-state index in [4.69, 9.17) is 12.2 Å². The van der Waals surface area contributed by atoms with Crippen LogP contribution in [0.3, 0.4) is 0 Å². The largest absolute Gasteiger partial charge is 0.361 e. The molecule has 0 aliphatic carbocycles. The minimum Gasteiger partial charge on any atom is -0.361 e. The van der Waals surface area contributed by atoms with E-state index in [0.717, 1.165) is 30.9 Å². The van der Waals surface area contributed by atoms with Crippen molar-refractivity contribution >= 4 is 28.7 Å². The summed E-state index contributed by atoms with van der Waals surface area (Å²) in [6, 6.07) is 8.59. The highest BCUT2D eigenvalue weighted by Crippen LogP contribution is 2.05. The maximum atomic E-state index is 5.33. The van der Waals surface area contributed by atoms with E-state index in [1.165, 1.54) is 16.0 Å². The van der Waals surface area contributed by atoms with Gasteiger partial charge in [0, 0.05) is 31.1 Å². The summed E-state index contributed by atoms with van der Waals surface area (Å²) in [4.78, 5) is 6.92. The van der Waals surface area contributed by atoms with Gasteiger partial charge in [-0.1, -0.05) is 29.8 Å². The van der Waals surface area contributed by atoms with Gasteiger partial charge in [0.1, 0.15) is 0 Å². The third-order valence-corrected chi connectivity index (χ3v) is 4.49. The third kappa shape index (κ3) is 6.25. The molecule has 2 aromatic rings. The Morgan fingerprint density at radius 2 is 2.04 bits per heavy atom. The number of nitrogens with one attached hydrogen (secondary N) is 2. The van der Waals surface area contributed by atoms with Crippen molar-refractivity contribution in [3.63, 3.8) is 0 Å². The Bertz CT molecular complexity index is 683. The molecule has 6 heteroatoms. The molecule has 0 saturated carbocycles. The summed E-state index contributed by atoms with van der Waals surface area (Å²) in [7, 11) is 4.31. The summed E-state index contributed by atoms with van der Waals surface area (Å²) < 4.78 is 2.13. The molecule has 2 rings (SSSR count). The van der Waals surface area contributed by atoms with Crippen molar-refractivity contribution in [3.05, 3.63) is 51.8 Å². The number of thiocarbonyl (C=S) groups is 1. The van der Waals surface area contributed by atoms with E-state index in [0.29, 0.717) is 5.11 Å². The minimum absolute atomic E-state index is 0.568. The molecule has 0 atom stereocenters. The molecule has 0 spiro atoms. The molecule has 0 fully saturated rings. The van der Waals surface area contributed by atoms with Crippen LogP contribution in [-0.4, -0.2) is 36.9 Å². The van der Waals surface area contributed by atoms with E-state index in [-0.39, 0.29) is 0 Å². The third-order valence-electron chi connectivity index (χ3n) is 3.46. The molecule has 0 bridgehead atoms. The van der Waals surface area contributed by atoms with Crippen LogP contribution in [0, 0.1) is 6.92 Å². The zero-order chi connectivity index (χ0) is 16.7. The van der Waals surface area contributed by atoms with E-state index >= 15 is 0 Å². The van der Waals surface area contributed by atoms with Gasteiger partial charge in [0.2, 0.25) is 0 Å². The molecule has 124 valence electrons. The first-order valence-corrected chi connectivity index (χ1v) is 9.14. The Balaban J connectivity index is 1.96. The Labute approximate surface area is 147 Å². The van der Waals surface area contributed by atoms with Gasteiger partial charge >= 0.3 is 0 Å². The zero-order valence-corrected chi connectivity index (χ0v) is 15.6. The molecular formula is C17H25N4S2+. The lowest BCUT2D eigenvalue weighted by Gasteiger charge is -2.07. The van der Waals surface area contributed by atoms with Crippen molar-refractivity contribution in [1.82, 2.24) is 9.88 Å². The van der Waals surface area contributed by atoms with Crippen molar-refractivity contribution < 1.29 is 4.90 Å². The maximum absolute atomic E-state index is 5.33. The molecule has 2 N–H and O–H groups in total. The first-order chi connectivity index (χ1) is 11.0. The molecule has 1 heterocycles. The number of benzene rings is 1. The summed E-state index contributed by atoms with van der Waals surface area (Å²) in [6.45, 7) is 4.91. The van der Waals surface area contributed by atoms with Crippen LogP contribution in [0.15, 0.2) is 40.8 Å². The molecule has 0 aliphatic rings. The van der Waals surface area contributed by atoms with Gasteiger partial charge < -0.3 is 14.8 Å². The van der Waals surface area contributed by atoms with Crippen LogP contribution < -0.4 is 15.0 Å². The van der Waals surface area contributed by atoms with Crippen LogP contribution in [0.2, 0.25) is 0 Å². The average Bonchev–Trinajstić information content (AvgIpc) is 2.93. The van der Waals surface area contributed by atoms with Gasteiger partial charge in [-0.2, -0.15) is 4.99 Å². The van der Waals surface area contributed by atoms with Gasteiger partial charge in [-0.05, 0) is 24.7 Å². The van der Waals surface area contributed by atoms with E-state index < -0.39 is 0 Å². The lowest BCUT2D eigenvalue weighted by atomic mass is 10.1. The van der Waals surface area contributed by atoms with Gasteiger partial charge in [0.15, 0.2) is 9.91 Å². The Morgan fingerprint density at radius 3 is 2.74 bits per heavy atom. The predicted molar refractivity (Wildman–Crippen MR) is 101 cm³/mol. The lowest BCUT2D eigenvalue weighted by Crippen LogP contribution is -3.05. The van der Waals surface area contributed by atoms with Gasteiger partial charge in [-0.3, -0.25) is 0 Å². The van der Waals surface area contributed by atoms with Gasteiger partial charge in [-0.25, -0.2) is 0 Å². The first kappa shape index (κ1) is 17.8. The Morgan fingerprint density at radius 1 is 1.30 bits per heavy atom. The molecule has 0 radical (unpaired) electrons. The van der Waals surface area contributed by atoms with Crippen LogP contribution in [0.1, 0.15) is 17.5 Å². The second-order valence-electron chi connectivity index (χ2n) is 5.95. The summed E-state index contributed by atoms with van der Waals surface area (Å²) in [5.74, 6) is 0. The maximum Gasteiger partial charge on any atom is 0.195 e. The molecule has 0 saturated heterocycles. The number of rotatable bonds is 6. The van der Waals surface area contributed by atoms with Gasteiger partial charge in [-0.15, -0.1) is 11.3 Å². The normalized spacial score (nSPS) is 11.9. The van der Waals surface area contributed by atoms with Crippen molar-refractivity contribution in [2.75, 3.05) is 27.2 Å². The highest BCUT2D eigenvalue weighted by molar-refractivity contribution is 7.80. The van der Waals surface area contributed by atoms with Gasteiger partial charge in [0.05, 0.1) is 20.6 Å². The van der Waals surface area contributed by atoms with E-state index in [2.05, 4.69) is 66.4 Å². The van der Waals surface area contributed by atoms with Crippen LogP contribution in [-0.2, 0) is 6.54 Å². The van der Waals surface area contributed by atoms with Gasteiger partial charge in [0.25, 0.3) is 0 Å². The molecule has 0 aliphatic heterocycles. The highest BCUT2D eigenvalue weighted by atomic mass is 32.1. The zero-order valence-electron chi connectivity index (χ0n) is 14.0. The summed E-state index contributed by atoms with van der Waals surface area (Å²) in [5.41, 5.74) is 2.54. The van der Waals surface area contributed by atoms with E-state index in [1.807, 2.05) is 5.38 Å². The lowest BCUT2D eigenvalue weighted by molar-refractivity contribution is -0.858. The van der Waals surface area contributed by atoms with Crippen molar-refractivity contribution in [2.45, 2.75) is 19.9 Å². The molecule has 1 aromatic heterocycles. The summed E-state index contributed by atoms with van der Waals surface area (Å²) >= 11 is 6.94. The molecular weight excluding hydrogens is 324 g/mol. The fourth-order valence-corrected chi connectivity index (χ4v) is 3.14. The first-order valence-electron chi connectivity index (χ1n) is 7.85. The molecule has 1 aromatic carbocycles. The topological polar surface area (TPSA) is 33.8 Å². The van der Waals surface area contributed by atoms with Crippen LogP contribution >= 0.6 is 23.6 Å². The fourth-order valence-electron chi connectivity index (χ4n) is 2.16. The number of aryl methyl sites for hydroxylation is 1. The van der Waals surface area contributed by atoms with Crippen LogP contribution in [0.5, 0.6) is 0 Å². The smallest absolute Gasteiger partial charge is 0.195 e. The van der Waals surface area contributed by atoms with Crippen LogP contribution in [0.4, 0.5) is 0 Å². The van der Waals surface area contributed by atoms with Crippen LogP contribution in [0.25, 0.3) is 0 Å². The predicted octanol–water partition coefficient (Wildman–Crippen LogP) is 1.22. The number of hydrogen-bond acceptors (Lipinski definition) is 2. The quantitative estimate of drug-likeness (QED) is 0.607. The number of thiazole rings is 1. The number of aromatic nitrogens is 1. The number of hydrogen-bond donors (Lipinski definition) is 2. The van der Waals surface area contributed by atoms with E-state index in [9.17, 15) is 0 Å². The monoisotopic (exact) mass is 349 g/mol. The average molecular weight is 350 g/mol. The molecule has 0 unspecified atom stereocenters. The SMILES string of the molecule is Cc1ccc(Cn2ccsc2=NC(=S)NCCC[NH+](C)C)cc1. The standard InChI is InChI=1S/C17H24N4S2/c1-14-5-7-15(8-6-14)13-21-11-12-23-17(21)19-16(22)18-9-4-10-20(2)3/h5-8,11-12H,4,9-10,13H2,1-3H3,(H,18,22)/p+1. The molecule has 23 heavy (non-hydrogen) atoms. The van der Waals surface area contributed by atoms with Crippen molar-refractivity contribution in [3.8, 4) is 0 Å². The second-order valence-corrected chi connectivity index (χ2v) is 7.21. The van der Waals surface area contributed by atoms with Crippen molar-refractivity contribution in [2.24, 2.45) is 4.99 Å².